The summed E-state index contributed by atoms with van der Waals surface area (Å²) in [5.74, 6) is -1.39. The summed E-state index contributed by atoms with van der Waals surface area (Å²) in [6.07, 6.45) is -4.89. The first-order valence-corrected chi connectivity index (χ1v) is 7.76. The molecule has 0 N–H and O–H groups in total. The minimum Gasteiger partial charge on any atom is -0.460 e. The zero-order valence-electron chi connectivity index (χ0n) is 14.2. The molecule has 0 aliphatic carbocycles. The van der Waals surface area contributed by atoms with E-state index < -0.39 is 34.8 Å². The molecule has 3 aromatic rings. The molecular formula is C17H13F3N2O5. The van der Waals surface area contributed by atoms with Gasteiger partial charge in [0.2, 0.25) is 5.76 Å². The molecule has 7 nitrogen and oxygen atoms in total. The molecule has 0 spiro atoms. The second-order valence-corrected chi connectivity index (χ2v) is 5.54. The Morgan fingerprint density at radius 2 is 1.89 bits per heavy atom. The molecule has 0 atom stereocenters. The Balaban J connectivity index is 2.42. The highest BCUT2D eigenvalue weighted by Gasteiger charge is 2.36. The number of halogens is 3. The number of benzene rings is 1. The Kier molecular flexibility index (Phi) is 4.42. The summed E-state index contributed by atoms with van der Waals surface area (Å²) in [7, 11) is 0.882. The lowest BCUT2D eigenvalue weighted by Crippen LogP contribution is -2.41. The number of fused-ring (bicyclic) bond motifs is 1. The second-order valence-electron chi connectivity index (χ2n) is 5.54. The van der Waals surface area contributed by atoms with Gasteiger partial charge >= 0.3 is 17.8 Å². The number of ether oxygens (including phenoxy) is 1. The molecule has 0 aliphatic rings. The summed E-state index contributed by atoms with van der Waals surface area (Å²) in [4.78, 5) is 37.2. The Hall–Kier alpha value is -3.30. The predicted molar refractivity (Wildman–Crippen MR) is 88.0 cm³/mol. The van der Waals surface area contributed by atoms with E-state index in [4.69, 9.17) is 9.15 Å². The van der Waals surface area contributed by atoms with Crippen LogP contribution in [0.2, 0.25) is 0 Å². The summed E-state index contributed by atoms with van der Waals surface area (Å²) in [5, 5.41) is 0.208. The number of furan rings is 1. The Morgan fingerprint density at radius 3 is 2.52 bits per heavy atom. The van der Waals surface area contributed by atoms with Crippen LogP contribution in [0.5, 0.6) is 0 Å². The van der Waals surface area contributed by atoms with E-state index in [0.29, 0.717) is 4.57 Å². The Bertz CT molecular complexity index is 1150. The van der Waals surface area contributed by atoms with Crippen molar-refractivity contribution in [3.05, 3.63) is 62.6 Å². The van der Waals surface area contributed by atoms with Crippen LogP contribution in [0, 0.1) is 0 Å². The topological polar surface area (TPSA) is 83.4 Å². The van der Waals surface area contributed by atoms with Crippen LogP contribution in [0.3, 0.4) is 0 Å². The van der Waals surface area contributed by atoms with E-state index in [0.717, 1.165) is 7.05 Å². The van der Waals surface area contributed by atoms with Gasteiger partial charge in [0.25, 0.3) is 5.56 Å². The highest BCUT2D eigenvalue weighted by atomic mass is 19.4. The van der Waals surface area contributed by atoms with Crippen LogP contribution < -0.4 is 11.2 Å². The average Bonchev–Trinajstić information content (AvgIpc) is 2.97. The molecule has 0 radical (unpaired) electrons. The van der Waals surface area contributed by atoms with E-state index in [-0.39, 0.29) is 33.9 Å². The number of hydrogen-bond donors (Lipinski definition) is 0. The second kappa shape index (κ2) is 6.45. The summed E-state index contributed by atoms with van der Waals surface area (Å²) in [6, 6.07) is 6.41. The van der Waals surface area contributed by atoms with Crippen molar-refractivity contribution < 1.29 is 27.1 Å². The first-order valence-electron chi connectivity index (χ1n) is 7.76. The first kappa shape index (κ1) is 18.5. The molecule has 0 unspecified atom stereocenters. The molecular weight excluding hydrogens is 369 g/mol. The lowest BCUT2D eigenvalue weighted by molar-refractivity contribution is -0.144. The third-order valence-corrected chi connectivity index (χ3v) is 3.86. The molecule has 142 valence electrons. The zero-order chi connectivity index (χ0) is 19.9. The van der Waals surface area contributed by atoms with Crippen LogP contribution in [0.25, 0.3) is 16.7 Å². The zero-order valence-corrected chi connectivity index (χ0v) is 14.2. The van der Waals surface area contributed by atoms with Crippen LogP contribution in [-0.2, 0) is 18.0 Å². The number of esters is 1. The van der Waals surface area contributed by atoms with Gasteiger partial charge in [-0.3, -0.25) is 9.36 Å². The largest absolute Gasteiger partial charge is 0.460 e. The van der Waals surface area contributed by atoms with Gasteiger partial charge in [-0.2, -0.15) is 13.2 Å². The van der Waals surface area contributed by atoms with Gasteiger partial charge in [0, 0.05) is 18.5 Å². The molecule has 0 fully saturated rings. The summed E-state index contributed by atoms with van der Waals surface area (Å²) in [6.45, 7) is 1.54. The van der Waals surface area contributed by atoms with Gasteiger partial charge in [-0.15, -0.1) is 0 Å². The number of para-hydroxylation sites is 1. The van der Waals surface area contributed by atoms with Crippen molar-refractivity contribution >= 4 is 16.9 Å². The van der Waals surface area contributed by atoms with Crippen LogP contribution in [0.4, 0.5) is 13.2 Å². The predicted octanol–water partition coefficient (Wildman–Crippen LogP) is 2.48. The molecule has 2 heterocycles. The quantitative estimate of drug-likeness (QED) is 0.650. The minimum atomic E-state index is -4.89. The molecule has 1 aromatic carbocycles. The third kappa shape index (κ3) is 3.03. The fraction of sp³-hybridized carbons (Fsp3) is 0.235. The maximum atomic E-state index is 13.0. The third-order valence-electron chi connectivity index (χ3n) is 3.86. The van der Waals surface area contributed by atoms with Crippen molar-refractivity contribution in [3.63, 3.8) is 0 Å². The van der Waals surface area contributed by atoms with E-state index in [1.54, 1.807) is 19.1 Å². The van der Waals surface area contributed by atoms with Gasteiger partial charge in [0.1, 0.15) is 17.0 Å². The summed E-state index contributed by atoms with van der Waals surface area (Å²) < 4.78 is 50.2. The number of alkyl halides is 3. The summed E-state index contributed by atoms with van der Waals surface area (Å²) in [5.41, 5.74) is -4.01. The lowest BCUT2D eigenvalue weighted by Gasteiger charge is -2.13. The van der Waals surface area contributed by atoms with Crippen molar-refractivity contribution in [1.29, 1.82) is 0 Å². The summed E-state index contributed by atoms with van der Waals surface area (Å²) >= 11 is 0. The van der Waals surface area contributed by atoms with Gasteiger partial charge < -0.3 is 9.15 Å². The van der Waals surface area contributed by atoms with E-state index in [1.165, 1.54) is 12.1 Å². The molecule has 10 heteroatoms. The van der Waals surface area contributed by atoms with Gasteiger partial charge in [-0.05, 0) is 19.1 Å². The molecule has 3 rings (SSSR count). The van der Waals surface area contributed by atoms with Crippen LogP contribution in [0.15, 0.2) is 44.3 Å². The fourth-order valence-corrected chi connectivity index (χ4v) is 2.69. The number of carbonyl (C=O) groups is 1. The van der Waals surface area contributed by atoms with Crippen LogP contribution in [0.1, 0.15) is 23.2 Å². The molecule has 27 heavy (non-hydrogen) atoms. The minimum absolute atomic E-state index is 0.00472. The number of aromatic nitrogens is 2. The Morgan fingerprint density at radius 1 is 1.22 bits per heavy atom. The maximum Gasteiger partial charge on any atom is 0.431 e. The smallest absolute Gasteiger partial charge is 0.431 e. The van der Waals surface area contributed by atoms with Crippen molar-refractivity contribution in [1.82, 2.24) is 9.13 Å². The first-order chi connectivity index (χ1) is 12.7. The highest BCUT2D eigenvalue weighted by molar-refractivity contribution is 6.00. The van der Waals surface area contributed by atoms with Crippen molar-refractivity contribution in [2.24, 2.45) is 7.05 Å². The SMILES string of the molecule is CCOC(=O)c1oc2ccccc2c1-n1c(=O)cc(C(F)(F)F)n(C)c1=O. The number of rotatable bonds is 3. The van der Waals surface area contributed by atoms with E-state index in [1.807, 2.05) is 0 Å². The van der Waals surface area contributed by atoms with Gasteiger partial charge in [-0.1, -0.05) is 12.1 Å². The molecule has 0 amide bonds. The van der Waals surface area contributed by atoms with Gasteiger partial charge in [-0.25, -0.2) is 14.2 Å². The van der Waals surface area contributed by atoms with Crippen molar-refractivity contribution in [3.8, 4) is 5.69 Å². The van der Waals surface area contributed by atoms with Crippen LogP contribution in [-0.4, -0.2) is 21.7 Å². The normalized spacial score (nSPS) is 11.7. The molecule has 0 aliphatic heterocycles. The standard InChI is InChI=1S/C17H13F3N2O5/c1-3-26-15(24)14-13(9-6-4-5-7-10(9)27-14)22-12(23)8-11(17(18,19)20)21(2)16(22)25/h4-8H,3H2,1-2H3. The maximum absolute atomic E-state index is 13.0. The monoisotopic (exact) mass is 382 g/mol. The average molecular weight is 382 g/mol. The molecule has 0 saturated heterocycles. The van der Waals surface area contributed by atoms with Crippen molar-refractivity contribution in [2.45, 2.75) is 13.1 Å². The number of hydrogen-bond acceptors (Lipinski definition) is 5. The van der Waals surface area contributed by atoms with E-state index >= 15 is 0 Å². The van der Waals surface area contributed by atoms with E-state index in [9.17, 15) is 27.6 Å². The van der Waals surface area contributed by atoms with Gasteiger partial charge in [0.15, 0.2) is 0 Å². The number of carbonyl (C=O) groups excluding carboxylic acids is 1. The van der Waals surface area contributed by atoms with E-state index in [2.05, 4.69) is 0 Å². The lowest BCUT2D eigenvalue weighted by atomic mass is 10.2. The highest BCUT2D eigenvalue weighted by Crippen LogP contribution is 2.30. The molecule has 0 saturated carbocycles. The van der Waals surface area contributed by atoms with Gasteiger partial charge in [0.05, 0.1) is 6.61 Å². The molecule has 2 aromatic heterocycles. The number of nitrogens with zero attached hydrogens (tertiary/aromatic N) is 2. The van der Waals surface area contributed by atoms with Crippen LogP contribution >= 0.6 is 0 Å². The van der Waals surface area contributed by atoms with Crippen molar-refractivity contribution in [2.75, 3.05) is 6.61 Å². The molecule has 0 bridgehead atoms. The Labute approximate surface area is 149 Å². The fourth-order valence-electron chi connectivity index (χ4n) is 2.69.